The van der Waals surface area contributed by atoms with Crippen LogP contribution in [0, 0.1) is 0 Å². The third kappa shape index (κ3) is 1.42. The molecule has 80 valence electrons. The van der Waals surface area contributed by atoms with E-state index >= 15 is 0 Å². The number of benzene rings is 1. The number of halogens is 1. The molecule has 0 amide bonds. The Morgan fingerprint density at radius 3 is 2.73 bits per heavy atom. The molecule has 2 rings (SSSR count). The fraction of sp³-hybridized carbons (Fsp3) is 0.222. The molecule has 1 aromatic carbocycles. The summed E-state index contributed by atoms with van der Waals surface area (Å²) in [6.07, 6.45) is 0. The molecule has 1 heterocycles. The van der Waals surface area contributed by atoms with E-state index in [9.17, 15) is 13.2 Å². The van der Waals surface area contributed by atoms with E-state index in [1.807, 2.05) is 0 Å². The number of carbonyl (C=O) groups is 1. The molecule has 15 heavy (non-hydrogen) atoms. The Hall–Kier alpha value is -1.07. The lowest BCUT2D eigenvalue weighted by Crippen LogP contribution is -2.37. The topological polar surface area (TPSA) is 63.2 Å². The molecule has 0 bridgehead atoms. The van der Waals surface area contributed by atoms with Gasteiger partial charge in [-0.15, -0.1) is 0 Å². The van der Waals surface area contributed by atoms with Crippen molar-refractivity contribution in [3.63, 3.8) is 0 Å². The number of hydrogen-bond donors (Lipinski definition) is 1. The largest absolute Gasteiger partial charge is 0.373 e. The van der Waals surface area contributed by atoms with Crippen LogP contribution in [0.5, 0.6) is 0 Å². The summed E-state index contributed by atoms with van der Waals surface area (Å²) < 4.78 is 23.5. The first-order valence-electron chi connectivity index (χ1n) is 4.28. The summed E-state index contributed by atoms with van der Waals surface area (Å²) in [6, 6.07) is 3.93. The van der Waals surface area contributed by atoms with Gasteiger partial charge in [-0.1, -0.05) is 17.7 Å². The lowest BCUT2D eigenvalue weighted by molar-refractivity contribution is -0.112. The van der Waals surface area contributed by atoms with Crippen molar-refractivity contribution in [2.75, 3.05) is 5.32 Å². The first-order valence-corrected chi connectivity index (χ1v) is 6.14. The predicted octanol–water partition coefficient (Wildman–Crippen LogP) is 1.45. The zero-order valence-electron chi connectivity index (χ0n) is 7.82. The maximum absolute atomic E-state index is 11.8. The van der Waals surface area contributed by atoms with Crippen molar-refractivity contribution in [3.05, 3.63) is 23.2 Å². The molecule has 6 heteroatoms. The third-order valence-corrected chi connectivity index (χ3v) is 4.51. The Morgan fingerprint density at radius 2 is 2.07 bits per heavy atom. The van der Waals surface area contributed by atoms with Crippen LogP contribution >= 0.6 is 11.6 Å². The summed E-state index contributed by atoms with van der Waals surface area (Å²) in [4.78, 5) is 11.3. The molecule has 0 saturated carbocycles. The van der Waals surface area contributed by atoms with Crippen LogP contribution in [0.3, 0.4) is 0 Å². The van der Waals surface area contributed by atoms with Crippen molar-refractivity contribution >= 4 is 32.2 Å². The minimum atomic E-state index is -3.93. The van der Waals surface area contributed by atoms with Gasteiger partial charge in [0.05, 0.1) is 16.8 Å². The summed E-state index contributed by atoms with van der Waals surface area (Å²) in [5, 5.41) is 2.02. The summed E-state index contributed by atoms with van der Waals surface area (Å²) in [7, 11) is -3.93. The van der Waals surface area contributed by atoms with Gasteiger partial charge in [-0.05, 0) is 19.1 Å². The van der Waals surface area contributed by atoms with Crippen LogP contribution in [0.4, 0.5) is 5.69 Å². The second kappa shape index (κ2) is 3.21. The highest BCUT2D eigenvalue weighted by atomic mass is 35.5. The molecule has 0 aromatic heterocycles. The van der Waals surface area contributed by atoms with Crippen LogP contribution < -0.4 is 5.32 Å². The highest BCUT2D eigenvalue weighted by molar-refractivity contribution is 8.06. The monoisotopic (exact) mass is 245 g/mol. The van der Waals surface area contributed by atoms with Crippen molar-refractivity contribution in [1.82, 2.24) is 0 Å². The van der Waals surface area contributed by atoms with Crippen LogP contribution in [0.25, 0.3) is 0 Å². The van der Waals surface area contributed by atoms with Gasteiger partial charge >= 0.3 is 0 Å². The van der Waals surface area contributed by atoms with Gasteiger partial charge in [-0.25, -0.2) is 8.42 Å². The van der Waals surface area contributed by atoms with Gasteiger partial charge in [0, 0.05) is 0 Å². The number of rotatable bonds is 0. The first-order chi connectivity index (χ1) is 6.94. The van der Waals surface area contributed by atoms with Crippen molar-refractivity contribution < 1.29 is 13.2 Å². The minimum Gasteiger partial charge on any atom is -0.373 e. The maximum Gasteiger partial charge on any atom is 0.273 e. The average Bonchev–Trinajstić information content (AvgIpc) is 2.14. The maximum atomic E-state index is 11.8. The quantitative estimate of drug-likeness (QED) is 0.752. The average molecular weight is 246 g/mol. The highest BCUT2D eigenvalue weighted by Gasteiger charge is 2.38. The Bertz CT molecular complexity index is 538. The molecule has 0 spiro atoms. The van der Waals surface area contributed by atoms with E-state index in [0.29, 0.717) is 5.69 Å². The molecule has 0 aliphatic carbocycles. The Labute approximate surface area is 92.2 Å². The standard InChI is InChI=1S/C9H8ClNO3S/c1-5-9(12)15(13,14)8-6(10)3-2-4-7(8)11-5/h2-5,11H,1H3. The van der Waals surface area contributed by atoms with Crippen molar-refractivity contribution in [2.45, 2.75) is 17.9 Å². The van der Waals surface area contributed by atoms with E-state index in [2.05, 4.69) is 5.32 Å². The van der Waals surface area contributed by atoms with Gasteiger partial charge in [0.15, 0.2) is 0 Å². The fourth-order valence-corrected chi connectivity index (χ4v) is 3.47. The Kier molecular flexibility index (Phi) is 2.24. The summed E-state index contributed by atoms with van der Waals surface area (Å²) in [6.45, 7) is 1.50. The molecule has 4 nitrogen and oxygen atoms in total. The third-order valence-electron chi connectivity index (χ3n) is 2.23. The van der Waals surface area contributed by atoms with Gasteiger partial charge in [0.1, 0.15) is 4.90 Å². The number of carbonyl (C=O) groups excluding carboxylic acids is 1. The van der Waals surface area contributed by atoms with Gasteiger partial charge < -0.3 is 5.32 Å². The van der Waals surface area contributed by atoms with Gasteiger partial charge in [0.2, 0.25) is 9.84 Å². The number of nitrogens with one attached hydrogen (secondary N) is 1. The first kappa shape index (κ1) is 10.4. The van der Waals surface area contributed by atoms with E-state index in [4.69, 9.17) is 11.6 Å². The van der Waals surface area contributed by atoms with E-state index in [1.54, 1.807) is 12.1 Å². The molecule has 0 radical (unpaired) electrons. The number of fused-ring (bicyclic) bond motifs is 1. The van der Waals surface area contributed by atoms with E-state index in [0.717, 1.165) is 0 Å². The molecular weight excluding hydrogens is 238 g/mol. The summed E-state index contributed by atoms with van der Waals surface area (Å²) in [5.41, 5.74) is 0.384. The van der Waals surface area contributed by atoms with Gasteiger partial charge in [0.25, 0.3) is 5.12 Å². The normalized spacial score (nSPS) is 23.1. The molecule has 1 N–H and O–H groups in total. The van der Waals surface area contributed by atoms with Gasteiger partial charge in [-0.3, -0.25) is 4.79 Å². The van der Waals surface area contributed by atoms with Crippen molar-refractivity contribution in [1.29, 1.82) is 0 Å². The van der Waals surface area contributed by atoms with Crippen molar-refractivity contribution in [3.8, 4) is 0 Å². The Morgan fingerprint density at radius 1 is 1.40 bits per heavy atom. The molecular formula is C9H8ClNO3S. The fourth-order valence-electron chi connectivity index (χ4n) is 1.52. The summed E-state index contributed by atoms with van der Waals surface area (Å²) in [5.74, 6) is 0. The van der Waals surface area contributed by atoms with Crippen LogP contribution in [-0.2, 0) is 14.6 Å². The van der Waals surface area contributed by atoms with Crippen LogP contribution in [-0.4, -0.2) is 19.6 Å². The molecule has 1 unspecified atom stereocenters. The molecule has 1 aliphatic heterocycles. The Balaban J connectivity index is 2.80. The molecule has 0 fully saturated rings. The number of anilines is 1. The van der Waals surface area contributed by atoms with Gasteiger partial charge in [-0.2, -0.15) is 0 Å². The predicted molar refractivity (Wildman–Crippen MR) is 56.7 cm³/mol. The van der Waals surface area contributed by atoms with Crippen molar-refractivity contribution in [2.24, 2.45) is 0 Å². The SMILES string of the molecule is CC1Nc2cccc(Cl)c2S(=O)(=O)C1=O. The molecule has 1 aliphatic rings. The minimum absolute atomic E-state index is 0.0697. The molecule has 1 atom stereocenters. The highest BCUT2D eigenvalue weighted by Crippen LogP contribution is 2.34. The molecule has 0 saturated heterocycles. The second-order valence-electron chi connectivity index (χ2n) is 3.31. The smallest absolute Gasteiger partial charge is 0.273 e. The van der Waals surface area contributed by atoms with E-state index in [-0.39, 0.29) is 9.92 Å². The zero-order valence-corrected chi connectivity index (χ0v) is 9.39. The lowest BCUT2D eigenvalue weighted by atomic mass is 10.2. The van der Waals surface area contributed by atoms with E-state index < -0.39 is 21.0 Å². The van der Waals surface area contributed by atoms with Crippen LogP contribution in [0.2, 0.25) is 5.02 Å². The number of sulfone groups is 1. The lowest BCUT2D eigenvalue weighted by Gasteiger charge is -2.23. The van der Waals surface area contributed by atoms with E-state index in [1.165, 1.54) is 13.0 Å². The van der Waals surface area contributed by atoms with Crippen LogP contribution in [0.1, 0.15) is 6.92 Å². The number of hydrogen-bond acceptors (Lipinski definition) is 4. The second-order valence-corrected chi connectivity index (χ2v) is 5.53. The zero-order chi connectivity index (χ0) is 11.2. The van der Waals surface area contributed by atoms with Crippen LogP contribution in [0.15, 0.2) is 23.1 Å². The summed E-state index contributed by atoms with van der Waals surface area (Å²) >= 11 is 5.77. The molecule has 1 aromatic rings.